The number of benzene rings is 2. The molecule has 2 aromatic carbocycles. The molecule has 0 spiro atoms. The van der Waals surface area contributed by atoms with Crippen molar-refractivity contribution in [1.82, 2.24) is 0 Å². The molecule has 0 aromatic heterocycles. The van der Waals surface area contributed by atoms with E-state index in [0.717, 1.165) is 30.8 Å². The minimum absolute atomic E-state index is 0.00414. The molecule has 2 aromatic rings. The smallest absolute Gasteiger partial charge is 0.197 e. The highest BCUT2D eigenvalue weighted by Crippen LogP contribution is 2.27. The second-order valence-electron chi connectivity index (χ2n) is 7.30. The summed E-state index contributed by atoms with van der Waals surface area (Å²) in [5.74, 6) is -0.214. The van der Waals surface area contributed by atoms with Gasteiger partial charge in [0.2, 0.25) is 0 Å². The molecule has 0 bridgehead atoms. The van der Waals surface area contributed by atoms with Gasteiger partial charge in [0.25, 0.3) is 0 Å². The number of nitrogens with zero attached hydrogens (tertiary/aromatic N) is 1. The second kappa shape index (κ2) is 13.0. The van der Waals surface area contributed by atoms with Gasteiger partial charge in [0, 0.05) is 37.0 Å². The maximum absolute atomic E-state index is 13.1. The predicted octanol–water partition coefficient (Wildman–Crippen LogP) is 5.54. The highest BCUT2D eigenvalue weighted by molar-refractivity contribution is 6.11. The summed E-state index contributed by atoms with van der Waals surface area (Å²) in [6.07, 6.45) is 4.64. The lowest BCUT2D eigenvalue weighted by Crippen LogP contribution is -2.21. The lowest BCUT2D eigenvalue weighted by molar-refractivity contribution is -0.0624. The zero-order valence-electron chi connectivity index (χ0n) is 18.5. The predicted molar refractivity (Wildman–Crippen MR) is 121 cm³/mol. The lowest BCUT2D eigenvalue weighted by Gasteiger charge is -2.21. The third kappa shape index (κ3) is 6.85. The topological polar surface area (TPSA) is 59.0 Å². The van der Waals surface area contributed by atoms with Gasteiger partial charge in [0.05, 0.1) is 12.2 Å². The monoisotopic (exact) mass is 413 g/mol. The van der Waals surface area contributed by atoms with Gasteiger partial charge in [-0.3, -0.25) is 4.79 Å². The van der Waals surface area contributed by atoms with Crippen LogP contribution in [0, 0.1) is 0 Å². The van der Waals surface area contributed by atoms with Crippen molar-refractivity contribution in [2.24, 2.45) is 0 Å². The number of hydrogen-bond acceptors (Lipinski definition) is 5. The molecule has 0 heterocycles. The first-order chi connectivity index (χ1) is 14.6. The fourth-order valence-electron chi connectivity index (χ4n) is 3.41. The SMILES string of the molecule is CCCCCCOCOCc1ccccc1C(=O)c1ccc(N(CC)CC)cc1O. The van der Waals surface area contributed by atoms with Crippen LogP contribution in [0.25, 0.3) is 0 Å². The minimum Gasteiger partial charge on any atom is -0.507 e. The Bertz CT molecular complexity index is 786. The average molecular weight is 414 g/mol. The molecule has 164 valence electrons. The van der Waals surface area contributed by atoms with E-state index in [-0.39, 0.29) is 24.9 Å². The molecule has 0 aliphatic heterocycles. The molecule has 1 N–H and O–H groups in total. The molecule has 5 heteroatoms. The van der Waals surface area contributed by atoms with Crippen molar-refractivity contribution in [3.63, 3.8) is 0 Å². The van der Waals surface area contributed by atoms with Crippen LogP contribution in [0.15, 0.2) is 42.5 Å². The van der Waals surface area contributed by atoms with E-state index in [1.165, 1.54) is 19.3 Å². The van der Waals surface area contributed by atoms with Gasteiger partial charge >= 0.3 is 0 Å². The van der Waals surface area contributed by atoms with Gasteiger partial charge < -0.3 is 19.5 Å². The minimum atomic E-state index is -0.210. The van der Waals surface area contributed by atoms with E-state index in [2.05, 4.69) is 25.7 Å². The van der Waals surface area contributed by atoms with Gasteiger partial charge in [-0.15, -0.1) is 0 Å². The molecule has 0 fully saturated rings. The first-order valence-corrected chi connectivity index (χ1v) is 11.0. The van der Waals surface area contributed by atoms with Crippen molar-refractivity contribution in [2.45, 2.75) is 53.1 Å². The van der Waals surface area contributed by atoms with Crippen LogP contribution in [0.1, 0.15) is 67.9 Å². The number of rotatable bonds is 14. The Morgan fingerprint density at radius 1 is 0.933 bits per heavy atom. The summed E-state index contributed by atoms with van der Waals surface area (Å²) in [6.45, 7) is 9.16. The van der Waals surface area contributed by atoms with Gasteiger partial charge in [0.1, 0.15) is 12.5 Å². The van der Waals surface area contributed by atoms with E-state index >= 15 is 0 Å². The van der Waals surface area contributed by atoms with E-state index < -0.39 is 0 Å². The fourth-order valence-corrected chi connectivity index (χ4v) is 3.41. The number of ketones is 1. The van der Waals surface area contributed by atoms with Crippen molar-refractivity contribution in [1.29, 1.82) is 0 Å². The lowest BCUT2D eigenvalue weighted by atomic mass is 9.97. The molecular weight excluding hydrogens is 378 g/mol. The highest BCUT2D eigenvalue weighted by atomic mass is 16.7. The average Bonchev–Trinajstić information content (AvgIpc) is 2.76. The van der Waals surface area contributed by atoms with Crippen LogP contribution in [0.2, 0.25) is 0 Å². The van der Waals surface area contributed by atoms with Gasteiger partial charge in [-0.2, -0.15) is 0 Å². The van der Waals surface area contributed by atoms with Crippen LogP contribution < -0.4 is 4.90 Å². The standard InChI is InChI=1S/C25H35NO4/c1-4-7-8-11-16-29-19-30-18-20-12-9-10-13-22(20)25(28)23-15-14-21(17-24(23)27)26(5-2)6-3/h9-10,12-15,17,27H,4-8,11,16,18-19H2,1-3H3. The number of carbonyl (C=O) groups excluding carboxylic acids is 1. The number of phenols is 1. The maximum atomic E-state index is 13.1. The molecule has 30 heavy (non-hydrogen) atoms. The van der Waals surface area contributed by atoms with Gasteiger partial charge in [-0.25, -0.2) is 0 Å². The van der Waals surface area contributed by atoms with Crippen LogP contribution in [0.3, 0.4) is 0 Å². The molecule has 0 unspecified atom stereocenters. The van der Waals surface area contributed by atoms with Crippen molar-refractivity contribution in [3.05, 3.63) is 59.2 Å². The molecule has 0 aliphatic rings. The Hall–Kier alpha value is -2.37. The molecule has 0 aliphatic carbocycles. The molecule has 0 atom stereocenters. The Morgan fingerprint density at radius 2 is 1.70 bits per heavy atom. The Balaban J connectivity index is 2.00. The number of anilines is 1. The zero-order valence-corrected chi connectivity index (χ0v) is 18.5. The Labute approximate surface area is 180 Å². The summed E-state index contributed by atoms with van der Waals surface area (Å²) < 4.78 is 11.1. The Kier molecular flexibility index (Phi) is 10.4. The fraction of sp³-hybridized carbons (Fsp3) is 0.480. The largest absolute Gasteiger partial charge is 0.507 e. The summed E-state index contributed by atoms with van der Waals surface area (Å²) in [7, 11) is 0. The van der Waals surface area contributed by atoms with Crippen molar-refractivity contribution < 1.29 is 19.4 Å². The van der Waals surface area contributed by atoms with E-state index in [1.807, 2.05) is 24.3 Å². The van der Waals surface area contributed by atoms with Gasteiger partial charge in [-0.05, 0) is 38.0 Å². The van der Waals surface area contributed by atoms with Crippen molar-refractivity contribution >= 4 is 11.5 Å². The number of unbranched alkanes of at least 4 members (excludes halogenated alkanes) is 3. The summed E-state index contributed by atoms with van der Waals surface area (Å²) in [6, 6.07) is 12.6. The van der Waals surface area contributed by atoms with Crippen LogP contribution >= 0.6 is 0 Å². The number of ether oxygens (including phenoxy) is 2. The van der Waals surface area contributed by atoms with Crippen LogP contribution in [0.4, 0.5) is 5.69 Å². The van der Waals surface area contributed by atoms with Gasteiger partial charge in [-0.1, -0.05) is 50.5 Å². The third-order valence-electron chi connectivity index (χ3n) is 5.18. The van der Waals surface area contributed by atoms with E-state index in [9.17, 15) is 9.90 Å². The molecule has 5 nitrogen and oxygen atoms in total. The molecule has 0 radical (unpaired) electrons. The van der Waals surface area contributed by atoms with Crippen molar-refractivity contribution in [2.75, 3.05) is 31.4 Å². The Morgan fingerprint density at radius 3 is 2.40 bits per heavy atom. The quantitative estimate of drug-likeness (QED) is 0.250. The van der Waals surface area contributed by atoms with Crippen molar-refractivity contribution in [3.8, 4) is 5.75 Å². The first kappa shape index (κ1) is 23.9. The second-order valence-corrected chi connectivity index (χ2v) is 7.30. The number of hydrogen-bond donors (Lipinski definition) is 1. The summed E-state index contributed by atoms with van der Waals surface area (Å²) in [5.41, 5.74) is 2.52. The van der Waals surface area contributed by atoms with E-state index in [1.54, 1.807) is 18.2 Å². The summed E-state index contributed by atoms with van der Waals surface area (Å²) >= 11 is 0. The summed E-state index contributed by atoms with van der Waals surface area (Å²) in [5, 5.41) is 10.5. The highest BCUT2D eigenvalue weighted by Gasteiger charge is 2.18. The number of carbonyl (C=O) groups is 1. The third-order valence-corrected chi connectivity index (χ3v) is 5.18. The zero-order chi connectivity index (χ0) is 21.8. The normalized spacial score (nSPS) is 10.9. The van der Waals surface area contributed by atoms with Crippen LogP contribution in [-0.4, -0.2) is 37.4 Å². The maximum Gasteiger partial charge on any atom is 0.197 e. The number of phenolic OH excluding ortho intramolecular Hbond substituents is 1. The van der Waals surface area contributed by atoms with Crippen LogP contribution in [0.5, 0.6) is 5.75 Å². The molecule has 2 rings (SSSR count). The summed E-state index contributed by atoms with van der Waals surface area (Å²) in [4.78, 5) is 15.2. The first-order valence-electron chi connectivity index (χ1n) is 11.0. The molecule has 0 saturated heterocycles. The van der Waals surface area contributed by atoms with E-state index in [0.29, 0.717) is 17.7 Å². The van der Waals surface area contributed by atoms with E-state index in [4.69, 9.17) is 9.47 Å². The molecule has 0 saturated carbocycles. The van der Waals surface area contributed by atoms with Crippen LogP contribution in [-0.2, 0) is 16.1 Å². The van der Waals surface area contributed by atoms with Gasteiger partial charge in [0.15, 0.2) is 5.78 Å². The molecular formula is C25H35NO4. The number of aromatic hydroxyl groups is 1. The molecule has 0 amide bonds.